The molecule has 2 atom stereocenters. The van der Waals surface area contributed by atoms with Crippen LogP contribution in [0.15, 0.2) is 18.2 Å². The third-order valence-corrected chi connectivity index (χ3v) is 3.61. The lowest BCUT2D eigenvalue weighted by molar-refractivity contribution is -0.138. The van der Waals surface area contributed by atoms with Gasteiger partial charge in [-0.1, -0.05) is 12.1 Å². The van der Waals surface area contributed by atoms with Crippen molar-refractivity contribution in [3.63, 3.8) is 0 Å². The molecule has 1 fully saturated rings. The maximum atomic E-state index is 13.3. The third-order valence-electron chi connectivity index (χ3n) is 3.61. The number of benzene rings is 1. The van der Waals surface area contributed by atoms with Gasteiger partial charge in [-0.3, -0.25) is 0 Å². The molecular formula is C15H19F3N2O2. The molecule has 1 heterocycles. The fourth-order valence-corrected chi connectivity index (χ4v) is 2.66. The Kier molecular flexibility index (Phi) is 4.77. The van der Waals surface area contributed by atoms with Crippen LogP contribution in [0.1, 0.15) is 41.3 Å². The van der Waals surface area contributed by atoms with Crippen molar-refractivity contribution in [1.29, 1.82) is 0 Å². The van der Waals surface area contributed by atoms with Gasteiger partial charge in [-0.25, -0.2) is 4.79 Å². The number of nitrogens with one attached hydrogen (secondary N) is 1. The van der Waals surface area contributed by atoms with Gasteiger partial charge in [0.25, 0.3) is 0 Å². The van der Waals surface area contributed by atoms with Gasteiger partial charge in [0.1, 0.15) is 0 Å². The predicted molar refractivity (Wildman–Crippen MR) is 75.6 cm³/mol. The number of halogens is 3. The van der Waals surface area contributed by atoms with Gasteiger partial charge in [-0.2, -0.15) is 13.2 Å². The maximum Gasteiger partial charge on any atom is 0.417 e. The lowest BCUT2D eigenvalue weighted by atomic mass is 9.88. The topological polar surface area (TPSA) is 64.3 Å². The summed E-state index contributed by atoms with van der Waals surface area (Å²) in [6.45, 7) is 4.12. The maximum absolute atomic E-state index is 13.3. The SMILES string of the molecule is CC(C)OC(=O)c1c([C@@H]2CNC[C@@H]2N)cccc1C(F)(F)F. The average molecular weight is 316 g/mol. The molecule has 0 amide bonds. The van der Waals surface area contributed by atoms with E-state index >= 15 is 0 Å². The fourth-order valence-electron chi connectivity index (χ4n) is 2.66. The van der Waals surface area contributed by atoms with Crippen LogP contribution in [0.4, 0.5) is 13.2 Å². The van der Waals surface area contributed by atoms with Crippen LogP contribution in [0.25, 0.3) is 0 Å². The number of alkyl halides is 3. The summed E-state index contributed by atoms with van der Waals surface area (Å²) in [5.41, 5.74) is 4.83. The quantitative estimate of drug-likeness (QED) is 0.840. The van der Waals surface area contributed by atoms with Crippen LogP contribution in [0.5, 0.6) is 0 Å². The highest BCUT2D eigenvalue weighted by molar-refractivity contribution is 5.93. The van der Waals surface area contributed by atoms with E-state index in [0.717, 1.165) is 6.07 Å². The van der Waals surface area contributed by atoms with E-state index in [-0.39, 0.29) is 17.5 Å². The second-order valence-electron chi connectivity index (χ2n) is 5.65. The minimum Gasteiger partial charge on any atom is -0.459 e. The highest BCUT2D eigenvalue weighted by Gasteiger charge is 2.39. The molecule has 22 heavy (non-hydrogen) atoms. The summed E-state index contributed by atoms with van der Waals surface area (Å²) < 4.78 is 44.8. The summed E-state index contributed by atoms with van der Waals surface area (Å²) in [7, 11) is 0. The van der Waals surface area contributed by atoms with Gasteiger partial charge in [0.05, 0.1) is 17.2 Å². The monoisotopic (exact) mass is 316 g/mol. The summed E-state index contributed by atoms with van der Waals surface area (Å²) in [6.07, 6.45) is -5.13. The molecule has 1 saturated heterocycles. The smallest absolute Gasteiger partial charge is 0.417 e. The summed E-state index contributed by atoms with van der Waals surface area (Å²) in [5.74, 6) is -1.31. The molecule has 0 aromatic heterocycles. The molecule has 0 bridgehead atoms. The van der Waals surface area contributed by atoms with Crippen LogP contribution in [0, 0.1) is 0 Å². The lowest BCUT2D eigenvalue weighted by Crippen LogP contribution is -2.30. The Morgan fingerprint density at radius 3 is 2.55 bits per heavy atom. The van der Waals surface area contributed by atoms with Crippen molar-refractivity contribution in [2.45, 2.75) is 38.1 Å². The average Bonchev–Trinajstić information content (AvgIpc) is 2.82. The van der Waals surface area contributed by atoms with E-state index in [2.05, 4.69) is 5.32 Å². The first-order valence-electron chi connectivity index (χ1n) is 7.09. The first-order chi connectivity index (χ1) is 10.2. The zero-order valence-electron chi connectivity index (χ0n) is 12.4. The minimum absolute atomic E-state index is 0.290. The highest BCUT2D eigenvalue weighted by Crippen LogP contribution is 2.37. The number of hydrogen-bond donors (Lipinski definition) is 2. The number of carbonyl (C=O) groups is 1. The van der Waals surface area contributed by atoms with Crippen LogP contribution in [0.3, 0.4) is 0 Å². The van der Waals surface area contributed by atoms with E-state index in [1.54, 1.807) is 13.8 Å². The minimum atomic E-state index is -4.63. The molecule has 1 aliphatic rings. The van der Waals surface area contributed by atoms with Crippen molar-refractivity contribution in [1.82, 2.24) is 5.32 Å². The van der Waals surface area contributed by atoms with Crippen molar-refractivity contribution < 1.29 is 22.7 Å². The molecule has 0 radical (unpaired) electrons. The second-order valence-corrected chi connectivity index (χ2v) is 5.65. The van der Waals surface area contributed by atoms with Crippen LogP contribution >= 0.6 is 0 Å². The second kappa shape index (κ2) is 6.26. The molecule has 0 spiro atoms. The summed E-state index contributed by atoms with van der Waals surface area (Å²) in [5, 5.41) is 3.03. The Bertz CT molecular complexity index is 558. The van der Waals surface area contributed by atoms with Gasteiger partial charge in [-0.15, -0.1) is 0 Å². The van der Waals surface area contributed by atoms with Crippen molar-refractivity contribution in [3.05, 3.63) is 34.9 Å². The van der Waals surface area contributed by atoms with Gasteiger partial charge in [0, 0.05) is 25.0 Å². The molecule has 1 aliphatic heterocycles. The van der Waals surface area contributed by atoms with E-state index in [9.17, 15) is 18.0 Å². The molecule has 1 aromatic carbocycles. The van der Waals surface area contributed by atoms with Gasteiger partial charge < -0.3 is 15.8 Å². The molecule has 1 aromatic rings. The molecule has 7 heteroatoms. The highest BCUT2D eigenvalue weighted by atomic mass is 19.4. The van der Waals surface area contributed by atoms with E-state index in [1.165, 1.54) is 12.1 Å². The standard InChI is InChI=1S/C15H19F3N2O2/c1-8(2)22-14(21)13-9(10-6-20-7-12(10)19)4-3-5-11(13)15(16,17)18/h3-5,8,10,12,20H,6-7,19H2,1-2H3/t10-,12-/m0/s1. The molecular weight excluding hydrogens is 297 g/mol. The number of rotatable bonds is 3. The van der Waals surface area contributed by atoms with Crippen molar-refractivity contribution in [2.24, 2.45) is 5.73 Å². The Morgan fingerprint density at radius 1 is 1.36 bits per heavy atom. The van der Waals surface area contributed by atoms with Gasteiger partial charge >= 0.3 is 12.1 Å². The van der Waals surface area contributed by atoms with E-state index in [1.807, 2.05) is 0 Å². The van der Waals surface area contributed by atoms with Crippen LogP contribution in [-0.2, 0) is 10.9 Å². The normalized spacial score (nSPS) is 22.1. The number of carbonyl (C=O) groups excluding carboxylic acids is 1. The Morgan fingerprint density at radius 2 is 2.05 bits per heavy atom. The number of ether oxygens (including phenoxy) is 1. The zero-order chi connectivity index (χ0) is 16.5. The summed E-state index contributed by atoms with van der Waals surface area (Å²) >= 11 is 0. The van der Waals surface area contributed by atoms with Crippen LogP contribution < -0.4 is 11.1 Å². The van der Waals surface area contributed by atoms with E-state index < -0.39 is 29.4 Å². The largest absolute Gasteiger partial charge is 0.459 e. The molecule has 0 unspecified atom stereocenters. The van der Waals surface area contributed by atoms with Gasteiger partial charge in [0.2, 0.25) is 0 Å². The van der Waals surface area contributed by atoms with Gasteiger partial charge in [0.15, 0.2) is 0 Å². The van der Waals surface area contributed by atoms with Crippen molar-refractivity contribution >= 4 is 5.97 Å². The molecule has 2 rings (SSSR count). The predicted octanol–water partition coefficient (Wildman–Crippen LogP) is 2.28. The number of nitrogens with two attached hydrogens (primary N) is 1. The zero-order valence-corrected chi connectivity index (χ0v) is 12.4. The van der Waals surface area contributed by atoms with Crippen LogP contribution in [0.2, 0.25) is 0 Å². The summed E-state index contributed by atoms with van der Waals surface area (Å²) in [4.78, 5) is 12.2. The Hall–Kier alpha value is -1.60. The van der Waals surface area contributed by atoms with E-state index in [0.29, 0.717) is 13.1 Å². The number of esters is 1. The van der Waals surface area contributed by atoms with E-state index in [4.69, 9.17) is 10.5 Å². The van der Waals surface area contributed by atoms with Crippen molar-refractivity contribution in [2.75, 3.05) is 13.1 Å². The molecule has 0 aliphatic carbocycles. The first kappa shape index (κ1) is 16.8. The lowest BCUT2D eigenvalue weighted by Gasteiger charge is -2.22. The van der Waals surface area contributed by atoms with Gasteiger partial charge in [-0.05, 0) is 25.5 Å². The molecule has 3 N–H and O–H groups in total. The molecule has 4 nitrogen and oxygen atoms in total. The first-order valence-corrected chi connectivity index (χ1v) is 7.09. The summed E-state index contributed by atoms with van der Waals surface area (Å²) in [6, 6.07) is 3.38. The Labute approximate surface area is 126 Å². The fraction of sp³-hybridized carbons (Fsp3) is 0.533. The molecule has 122 valence electrons. The number of hydrogen-bond acceptors (Lipinski definition) is 4. The third kappa shape index (κ3) is 3.41. The van der Waals surface area contributed by atoms with Crippen molar-refractivity contribution in [3.8, 4) is 0 Å². The van der Waals surface area contributed by atoms with Crippen LogP contribution in [-0.4, -0.2) is 31.2 Å². The molecule has 0 saturated carbocycles. The Balaban J connectivity index is 2.55.